The predicted octanol–water partition coefficient (Wildman–Crippen LogP) is 6.10. The molecule has 2 fully saturated rings. The molecule has 0 aliphatic heterocycles. The van der Waals surface area contributed by atoms with Crippen molar-refractivity contribution < 1.29 is 0 Å². The predicted molar refractivity (Wildman–Crippen MR) is 140 cm³/mol. The molecule has 3 aromatic rings. The van der Waals surface area contributed by atoms with E-state index in [4.69, 9.17) is 20.7 Å². The summed E-state index contributed by atoms with van der Waals surface area (Å²) < 4.78 is 2.27. The number of nitrogens with one attached hydrogen (secondary N) is 2. The van der Waals surface area contributed by atoms with Gasteiger partial charge in [0.05, 0.1) is 6.33 Å². The van der Waals surface area contributed by atoms with Crippen molar-refractivity contribution in [3.63, 3.8) is 0 Å². The van der Waals surface area contributed by atoms with Crippen LogP contribution in [-0.2, 0) is 6.42 Å². The van der Waals surface area contributed by atoms with E-state index < -0.39 is 0 Å². The Bertz CT molecular complexity index is 1060. The van der Waals surface area contributed by atoms with Crippen LogP contribution in [-0.4, -0.2) is 31.6 Å². The number of hydrogen-bond acceptors (Lipinski definition) is 6. The molecule has 0 bridgehead atoms. The van der Waals surface area contributed by atoms with Crippen molar-refractivity contribution in [1.82, 2.24) is 19.5 Å². The Labute approximate surface area is 203 Å². The number of benzene rings is 1. The number of nitrogens with zero attached hydrogens (tertiary/aromatic N) is 4. The fraction of sp³-hybridized carbons (Fsp3) is 0.593. The molecule has 4 N–H and O–H groups in total. The van der Waals surface area contributed by atoms with Crippen LogP contribution in [0.15, 0.2) is 30.6 Å². The zero-order chi connectivity index (χ0) is 23.3. The molecular weight excluding hydrogens is 422 g/mol. The molecule has 2 aliphatic rings. The first-order valence-electron chi connectivity index (χ1n) is 13.3. The van der Waals surface area contributed by atoms with Crippen molar-refractivity contribution in [1.29, 1.82) is 0 Å². The highest BCUT2D eigenvalue weighted by atomic mass is 15.2. The van der Waals surface area contributed by atoms with Crippen LogP contribution >= 0.6 is 0 Å². The lowest BCUT2D eigenvalue weighted by Crippen LogP contribution is -2.33. The van der Waals surface area contributed by atoms with Crippen molar-refractivity contribution in [2.45, 2.75) is 102 Å². The maximum Gasteiger partial charge on any atom is 0.227 e. The lowest BCUT2D eigenvalue weighted by Gasteiger charge is -2.27. The summed E-state index contributed by atoms with van der Waals surface area (Å²) in [6.07, 6.45) is 16.0. The van der Waals surface area contributed by atoms with Crippen LogP contribution in [0, 0.1) is 0 Å². The Morgan fingerprint density at radius 2 is 1.74 bits per heavy atom. The molecule has 0 radical (unpaired) electrons. The van der Waals surface area contributed by atoms with Gasteiger partial charge in [0.15, 0.2) is 17.0 Å². The molecule has 7 heteroatoms. The summed E-state index contributed by atoms with van der Waals surface area (Å²) >= 11 is 0. The van der Waals surface area contributed by atoms with Crippen LogP contribution in [0.2, 0.25) is 0 Å². The quantitative estimate of drug-likeness (QED) is 0.333. The van der Waals surface area contributed by atoms with Crippen LogP contribution in [0.25, 0.3) is 11.2 Å². The van der Waals surface area contributed by atoms with E-state index in [0.717, 1.165) is 54.8 Å². The molecule has 2 heterocycles. The molecule has 0 atom stereocenters. The molecule has 0 spiro atoms. The van der Waals surface area contributed by atoms with E-state index in [0.29, 0.717) is 24.1 Å². The van der Waals surface area contributed by atoms with Crippen molar-refractivity contribution in [2.75, 3.05) is 10.6 Å². The van der Waals surface area contributed by atoms with Gasteiger partial charge in [0.25, 0.3) is 0 Å². The first-order valence-corrected chi connectivity index (χ1v) is 13.3. The molecule has 182 valence electrons. The summed E-state index contributed by atoms with van der Waals surface area (Å²) in [5.41, 5.74) is 10.3. The number of aryl methyl sites for hydroxylation is 1. The minimum atomic E-state index is 0.326. The van der Waals surface area contributed by atoms with E-state index in [-0.39, 0.29) is 0 Å². The van der Waals surface area contributed by atoms with Crippen LogP contribution in [0.4, 0.5) is 17.5 Å². The van der Waals surface area contributed by atoms with E-state index in [1.54, 1.807) is 0 Å². The monoisotopic (exact) mass is 461 g/mol. The zero-order valence-electron chi connectivity index (χ0n) is 20.5. The van der Waals surface area contributed by atoms with E-state index in [2.05, 4.69) is 46.4 Å². The van der Waals surface area contributed by atoms with E-state index in [1.165, 1.54) is 50.5 Å². The third-order valence-electron chi connectivity index (χ3n) is 7.53. The van der Waals surface area contributed by atoms with Gasteiger partial charge in [-0.05, 0) is 69.1 Å². The molecule has 2 aromatic heterocycles. The maximum absolute atomic E-state index is 6.11. The number of hydrogen-bond donors (Lipinski definition) is 3. The van der Waals surface area contributed by atoms with Gasteiger partial charge in [-0.3, -0.25) is 0 Å². The Balaban J connectivity index is 1.41. The number of unbranched alkanes of at least 4 members (excludes halogenated alkanes) is 2. The third kappa shape index (κ3) is 5.35. The van der Waals surface area contributed by atoms with Crippen LogP contribution in [0.1, 0.15) is 89.2 Å². The van der Waals surface area contributed by atoms with E-state index >= 15 is 0 Å². The van der Waals surface area contributed by atoms with Crippen molar-refractivity contribution >= 4 is 28.6 Å². The average Bonchev–Trinajstić information content (AvgIpc) is 3.52. The van der Waals surface area contributed by atoms with Gasteiger partial charge >= 0.3 is 0 Å². The number of imidazole rings is 1. The molecule has 0 unspecified atom stereocenters. The fourth-order valence-corrected chi connectivity index (χ4v) is 5.43. The lowest BCUT2D eigenvalue weighted by molar-refractivity contribution is 0.410. The summed E-state index contributed by atoms with van der Waals surface area (Å²) in [5, 5.41) is 7.15. The SMILES string of the molecule is CCCCCc1ccc(Nc2nc(NC3CCC(N)CC3)nc3c2ncn3C2CCCC2)cc1. The molecule has 1 aromatic carbocycles. The highest BCUT2D eigenvalue weighted by Crippen LogP contribution is 2.34. The Hall–Kier alpha value is -2.67. The lowest BCUT2D eigenvalue weighted by atomic mass is 9.92. The van der Waals surface area contributed by atoms with Crippen molar-refractivity contribution in [3.05, 3.63) is 36.2 Å². The second-order valence-electron chi connectivity index (χ2n) is 10.2. The number of rotatable bonds is 9. The van der Waals surface area contributed by atoms with Crippen LogP contribution < -0.4 is 16.4 Å². The standard InChI is InChI=1S/C27H39N7/c1-2-3-4-7-19-10-14-21(15-11-19)30-25-24-26(34(18-29-24)23-8-5-6-9-23)33-27(32-25)31-22-16-12-20(28)13-17-22/h10-11,14-15,18,20,22-23H,2-9,12-13,16-17,28H2,1H3,(H2,30,31,32,33). The number of nitrogens with two attached hydrogens (primary N) is 1. The molecule has 7 nitrogen and oxygen atoms in total. The van der Waals surface area contributed by atoms with Gasteiger partial charge in [-0.15, -0.1) is 0 Å². The van der Waals surface area contributed by atoms with Gasteiger partial charge in [0.2, 0.25) is 5.95 Å². The Morgan fingerprint density at radius 3 is 2.47 bits per heavy atom. The van der Waals surface area contributed by atoms with Gasteiger partial charge < -0.3 is 20.9 Å². The second-order valence-corrected chi connectivity index (χ2v) is 10.2. The number of fused-ring (bicyclic) bond motifs is 1. The minimum Gasteiger partial charge on any atom is -0.351 e. The topological polar surface area (TPSA) is 93.7 Å². The van der Waals surface area contributed by atoms with Gasteiger partial charge in [-0.2, -0.15) is 9.97 Å². The summed E-state index contributed by atoms with van der Waals surface area (Å²) in [5.74, 6) is 1.46. The highest BCUT2D eigenvalue weighted by Gasteiger charge is 2.24. The summed E-state index contributed by atoms with van der Waals surface area (Å²) in [4.78, 5) is 14.6. The van der Waals surface area contributed by atoms with E-state index in [9.17, 15) is 0 Å². The van der Waals surface area contributed by atoms with E-state index in [1.807, 2.05) is 6.33 Å². The molecule has 2 aliphatic carbocycles. The zero-order valence-corrected chi connectivity index (χ0v) is 20.5. The first kappa shape index (κ1) is 23.1. The fourth-order valence-electron chi connectivity index (χ4n) is 5.43. The molecule has 34 heavy (non-hydrogen) atoms. The first-order chi connectivity index (χ1) is 16.7. The average molecular weight is 462 g/mol. The van der Waals surface area contributed by atoms with Gasteiger partial charge in [-0.1, -0.05) is 44.7 Å². The largest absolute Gasteiger partial charge is 0.351 e. The van der Waals surface area contributed by atoms with Crippen molar-refractivity contribution in [2.24, 2.45) is 5.73 Å². The third-order valence-corrected chi connectivity index (χ3v) is 7.53. The Morgan fingerprint density at radius 1 is 0.971 bits per heavy atom. The highest BCUT2D eigenvalue weighted by molar-refractivity contribution is 5.86. The van der Waals surface area contributed by atoms with Gasteiger partial charge in [0.1, 0.15) is 0 Å². The molecule has 0 saturated heterocycles. The Kier molecular flexibility index (Phi) is 7.28. The normalized spacial score (nSPS) is 21.2. The minimum absolute atomic E-state index is 0.326. The number of aromatic nitrogens is 4. The van der Waals surface area contributed by atoms with Crippen molar-refractivity contribution in [3.8, 4) is 0 Å². The molecule has 0 amide bonds. The van der Waals surface area contributed by atoms with Gasteiger partial charge in [-0.25, -0.2) is 4.98 Å². The summed E-state index contributed by atoms with van der Waals surface area (Å²) in [7, 11) is 0. The second kappa shape index (κ2) is 10.7. The molecule has 5 rings (SSSR count). The summed E-state index contributed by atoms with van der Waals surface area (Å²) in [6, 6.07) is 9.92. The maximum atomic E-state index is 6.11. The molecular formula is C27H39N7. The van der Waals surface area contributed by atoms with Gasteiger partial charge in [0, 0.05) is 23.8 Å². The van der Waals surface area contributed by atoms with Crippen LogP contribution in [0.3, 0.4) is 0 Å². The van der Waals surface area contributed by atoms with Crippen LogP contribution in [0.5, 0.6) is 0 Å². The smallest absolute Gasteiger partial charge is 0.227 e. The summed E-state index contributed by atoms with van der Waals surface area (Å²) in [6.45, 7) is 2.25. The molecule has 2 saturated carbocycles. The number of anilines is 3.